The highest BCUT2D eigenvalue weighted by molar-refractivity contribution is 5.47. The summed E-state index contributed by atoms with van der Waals surface area (Å²) in [5.41, 5.74) is 2.47. The molecule has 0 bridgehead atoms. The first-order valence-electron chi connectivity index (χ1n) is 6.58. The number of hydrogen-bond donors (Lipinski definition) is 1. The molecule has 0 aliphatic rings. The number of benzene rings is 1. The average molecular weight is 235 g/mol. The van der Waals surface area contributed by atoms with E-state index in [1.807, 2.05) is 0 Å². The van der Waals surface area contributed by atoms with Gasteiger partial charge in [0.1, 0.15) is 0 Å². The molecule has 0 radical (unpaired) electrons. The topological polar surface area (TPSA) is 23.5 Å². The quantitative estimate of drug-likeness (QED) is 0.818. The van der Waals surface area contributed by atoms with Gasteiger partial charge in [-0.25, -0.2) is 0 Å². The Labute approximate surface area is 105 Å². The molecule has 17 heavy (non-hydrogen) atoms. The third-order valence-electron chi connectivity index (χ3n) is 3.49. The van der Waals surface area contributed by atoms with E-state index in [0.29, 0.717) is 12.5 Å². The van der Waals surface area contributed by atoms with Crippen molar-refractivity contribution in [3.63, 3.8) is 0 Å². The highest BCUT2D eigenvalue weighted by Gasteiger charge is 2.16. The second-order valence-electron chi connectivity index (χ2n) is 4.83. The lowest BCUT2D eigenvalue weighted by Gasteiger charge is -2.28. The normalized spacial score (nSPS) is 14.4. The van der Waals surface area contributed by atoms with E-state index in [9.17, 15) is 5.11 Å². The maximum absolute atomic E-state index is 10.1. The van der Waals surface area contributed by atoms with Gasteiger partial charge in [-0.1, -0.05) is 38.0 Å². The van der Waals surface area contributed by atoms with E-state index in [1.165, 1.54) is 11.3 Å². The second kappa shape index (κ2) is 6.65. The van der Waals surface area contributed by atoms with Gasteiger partial charge in [-0.3, -0.25) is 0 Å². The Hall–Kier alpha value is -1.02. The van der Waals surface area contributed by atoms with Gasteiger partial charge in [-0.2, -0.15) is 0 Å². The van der Waals surface area contributed by atoms with Crippen LogP contribution in [0.15, 0.2) is 24.3 Å². The molecule has 2 unspecified atom stereocenters. The minimum atomic E-state index is -0.249. The average Bonchev–Trinajstić information content (AvgIpc) is 2.35. The molecule has 0 amide bonds. The number of aliphatic hydroxyl groups excluding tert-OH is 1. The molecular formula is C15H25NO. The zero-order chi connectivity index (χ0) is 12.8. The van der Waals surface area contributed by atoms with Crippen LogP contribution in [-0.4, -0.2) is 24.3 Å². The lowest BCUT2D eigenvalue weighted by Crippen LogP contribution is -2.35. The lowest BCUT2D eigenvalue weighted by molar-refractivity contribution is 0.120. The Morgan fingerprint density at radius 2 is 1.76 bits per heavy atom. The molecule has 2 nitrogen and oxygen atoms in total. The van der Waals surface area contributed by atoms with E-state index in [-0.39, 0.29) is 6.10 Å². The molecule has 0 fully saturated rings. The fourth-order valence-corrected chi connectivity index (χ4v) is 1.85. The van der Waals surface area contributed by atoms with Crippen molar-refractivity contribution in [3.05, 3.63) is 29.8 Å². The van der Waals surface area contributed by atoms with Crippen LogP contribution in [0.4, 0.5) is 5.69 Å². The van der Waals surface area contributed by atoms with Gasteiger partial charge in [0, 0.05) is 18.8 Å². The summed E-state index contributed by atoms with van der Waals surface area (Å²) in [5.74, 6) is 0.356. The first kappa shape index (κ1) is 14.0. The lowest BCUT2D eigenvalue weighted by atomic mass is 10.0. The largest absolute Gasteiger partial charge is 0.391 e. The highest BCUT2D eigenvalue weighted by Crippen LogP contribution is 2.17. The number of rotatable bonds is 6. The molecule has 1 aromatic rings. The van der Waals surface area contributed by atoms with Crippen molar-refractivity contribution in [2.75, 3.05) is 18.0 Å². The van der Waals surface area contributed by atoms with Crippen LogP contribution >= 0.6 is 0 Å². The van der Waals surface area contributed by atoms with E-state index in [4.69, 9.17) is 0 Å². The monoisotopic (exact) mass is 235 g/mol. The Kier molecular flexibility index (Phi) is 5.49. The summed E-state index contributed by atoms with van der Waals surface area (Å²) in [5, 5.41) is 10.1. The smallest absolute Gasteiger partial charge is 0.0740 e. The Balaban J connectivity index is 2.68. The molecule has 1 N–H and O–H groups in total. The standard InChI is InChI=1S/C15H25NO/c1-5-13(4)15(17)11-16(6-2)14-9-7-12(3)8-10-14/h7-10,13,15,17H,5-6,11H2,1-4H3. The predicted molar refractivity (Wildman–Crippen MR) is 74.5 cm³/mol. The maximum atomic E-state index is 10.1. The summed E-state index contributed by atoms with van der Waals surface area (Å²) < 4.78 is 0. The van der Waals surface area contributed by atoms with Gasteiger partial charge in [0.15, 0.2) is 0 Å². The van der Waals surface area contributed by atoms with Gasteiger partial charge in [-0.05, 0) is 31.9 Å². The first-order chi connectivity index (χ1) is 8.08. The summed E-state index contributed by atoms with van der Waals surface area (Å²) in [6.07, 6.45) is 0.772. The highest BCUT2D eigenvalue weighted by atomic mass is 16.3. The molecule has 2 atom stereocenters. The zero-order valence-electron chi connectivity index (χ0n) is 11.5. The van der Waals surface area contributed by atoms with Crippen LogP contribution in [0.2, 0.25) is 0 Å². The molecule has 0 saturated carbocycles. The third-order valence-corrected chi connectivity index (χ3v) is 3.49. The zero-order valence-corrected chi connectivity index (χ0v) is 11.5. The summed E-state index contributed by atoms with van der Waals surface area (Å²) >= 11 is 0. The van der Waals surface area contributed by atoms with Gasteiger partial charge in [0.2, 0.25) is 0 Å². The number of hydrogen-bond acceptors (Lipinski definition) is 2. The SMILES string of the molecule is CCC(C)C(O)CN(CC)c1ccc(C)cc1. The summed E-state index contributed by atoms with van der Waals surface area (Å²) in [6, 6.07) is 8.49. The molecule has 1 rings (SSSR count). The molecule has 0 saturated heterocycles. The number of aliphatic hydroxyl groups is 1. The fraction of sp³-hybridized carbons (Fsp3) is 0.600. The van der Waals surface area contributed by atoms with E-state index < -0.39 is 0 Å². The van der Waals surface area contributed by atoms with E-state index in [0.717, 1.165) is 13.0 Å². The Morgan fingerprint density at radius 1 is 1.18 bits per heavy atom. The van der Waals surface area contributed by atoms with Crippen LogP contribution in [0.5, 0.6) is 0 Å². The summed E-state index contributed by atoms with van der Waals surface area (Å²) in [4.78, 5) is 2.23. The Bertz CT molecular complexity index is 320. The van der Waals surface area contributed by atoms with E-state index in [1.54, 1.807) is 0 Å². The molecule has 0 aliphatic carbocycles. The number of aryl methyl sites for hydroxylation is 1. The molecule has 0 spiro atoms. The van der Waals surface area contributed by atoms with Crippen molar-refractivity contribution in [3.8, 4) is 0 Å². The number of nitrogens with zero attached hydrogens (tertiary/aromatic N) is 1. The second-order valence-corrected chi connectivity index (χ2v) is 4.83. The van der Waals surface area contributed by atoms with Gasteiger partial charge in [0.25, 0.3) is 0 Å². The molecule has 0 heterocycles. The van der Waals surface area contributed by atoms with Gasteiger partial charge in [0.05, 0.1) is 6.10 Å². The fourth-order valence-electron chi connectivity index (χ4n) is 1.85. The van der Waals surface area contributed by atoms with Crippen molar-refractivity contribution in [2.45, 2.75) is 40.2 Å². The van der Waals surface area contributed by atoms with Gasteiger partial charge in [-0.15, -0.1) is 0 Å². The van der Waals surface area contributed by atoms with E-state index in [2.05, 4.69) is 56.9 Å². The van der Waals surface area contributed by atoms with Crippen LogP contribution in [-0.2, 0) is 0 Å². The summed E-state index contributed by atoms with van der Waals surface area (Å²) in [6.45, 7) is 10.1. The van der Waals surface area contributed by atoms with Crippen LogP contribution in [0.1, 0.15) is 32.8 Å². The molecule has 96 valence electrons. The maximum Gasteiger partial charge on any atom is 0.0740 e. The number of anilines is 1. The van der Waals surface area contributed by atoms with Crippen molar-refractivity contribution in [1.29, 1.82) is 0 Å². The molecular weight excluding hydrogens is 210 g/mol. The van der Waals surface area contributed by atoms with Crippen LogP contribution in [0, 0.1) is 12.8 Å². The van der Waals surface area contributed by atoms with Crippen molar-refractivity contribution < 1.29 is 5.11 Å². The number of likely N-dealkylation sites (N-methyl/N-ethyl adjacent to an activating group) is 1. The van der Waals surface area contributed by atoms with Crippen molar-refractivity contribution >= 4 is 5.69 Å². The van der Waals surface area contributed by atoms with Crippen LogP contribution in [0.25, 0.3) is 0 Å². The minimum Gasteiger partial charge on any atom is -0.391 e. The van der Waals surface area contributed by atoms with Crippen LogP contribution in [0.3, 0.4) is 0 Å². The predicted octanol–water partition coefficient (Wildman–Crippen LogP) is 3.23. The minimum absolute atomic E-state index is 0.249. The molecule has 1 aromatic carbocycles. The van der Waals surface area contributed by atoms with Gasteiger partial charge < -0.3 is 10.0 Å². The molecule has 2 heteroatoms. The van der Waals surface area contributed by atoms with Crippen LogP contribution < -0.4 is 4.90 Å². The van der Waals surface area contributed by atoms with Crippen molar-refractivity contribution in [1.82, 2.24) is 0 Å². The molecule has 0 aliphatic heterocycles. The first-order valence-corrected chi connectivity index (χ1v) is 6.58. The van der Waals surface area contributed by atoms with E-state index >= 15 is 0 Å². The molecule has 0 aromatic heterocycles. The van der Waals surface area contributed by atoms with Gasteiger partial charge >= 0.3 is 0 Å². The van der Waals surface area contributed by atoms with Crippen molar-refractivity contribution in [2.24, 2.45) is 5.92 Å². The third kappa shape index (κ3) is 4.04. The Morgan fingerprint density at radius 3 is 2.24 bits per heavy atom. The summed E-state index contributed by atoms with van der Waals surface area (Å²) in [7, 11) is 0.